The van der Waals surface area contributed by atoms with E-state index in [1.165, 1.54) is 25.0 Å². The Morgan fingerprint density at radius 2 is 2.15 bits per heavy atom. The summed E-state index contributed by atoms with van der Waals surface area (Å²) in [5.41, 5.74) is 0.142. The number of halogens is 3. The molecule has 1 aromatic rings. The fraction of sp³-hybridized carbons (Fsp3) is 0.600. The molecule has 1 aliphatic rings. The standard InChI is InChI=1S/C15H21BrF2N2/c1-3-20-8-4-5-11(20)9-19(2)10-12-14(17)7-6-13(16)15(12)18/h6-7,11H,3-5,8-10H2,1-2H3. The minimum absolute atomic E-state index is 0.142. The number of hydrogen-bond donors (Lipinski definition) is 0. The van der Waals surface area contributed by atoms with Gasteiger partial charge in [0.2, 0.25) is 0 Å². The number of likely N-dealkylation sites (tertiary alicyclic amines) is 1. The fourth-order valence-corrected chi connectivity index (χ4v) is 3.30. The Labute approximate surface area is 127 Å². The Morgan fingerprint density at radius 3 is 2.85 bits per heavy atom. The highest BCUT2D eigenvalue weighted by Crippen LogP contribution is 2.23. The summed E-state index contributed by atoms with van der Waals surface area (Å²) in [4.78, 5) is 4.44. The first kappa shape index (κ1) is 15.9. The number of benzene rings is 1. The highest BCUT2D eigenvalue weighted by molar-refractivity contribution is 9.10. The van der Waals surface area contributed by atoms with Gasteiger partial charge in [0.25, 0.3) is 0 Å². The average Bonchev–Trinajstić information content (AvgIpc) is 2.86. The third-order valence-corrected chi connectivity index (χ3v) is 4.61. The van der Waals surface area contributed by atoms with Gasteiger partial charge < -0.3 is 4.90 Å². The molecule has 1 atom stereocenters. The van der Waals surface area contributed by atoms with Crippen LogP contribution in [0.2, 0.25) is 0 Å². The molecule has 5 heteroatoms. The van der Waals surface area contributed by atoms with Crippen molar-refractivity contribution in [2.24, 2.45) is 0 Å². The zero-order chi connectivity index (χ0) is 14.7. The van der Waals surface area contributed by atoms with Gasteiger partial charge in [-0.2, -0.15) is 0 Å². The van der Waals surface area contributed by atoms with E-state index in [0.29, 0.717) is 17.1 Å². The molecule has 1 heterocycles. The Bertz CT molecular complexity index is 467. The van der Waals surface area contributed by atoms with Gasteiger partial charge in [0.05, 0.1) is 4.47 Å². The van der Waals surface area contributed by atoms with E-state index < -0.39 is 11.6 Å². The van der Waals surface area contributed by atoms with Crippen molar-refractivity contribution < 1.29 is 8.78 Å². The molecular formula is C15H21BrF2N2. The first-order chi connectivity index (χ1) is 9.52. The van der Waals surface area contributed by atoms with Crippen molar-refractivity contribution in [1.29, 1.82) is 0 Å². The summed E-state index contributed by atoms with van der Waals surface area (Å²) < 4.78 is 28.0. The van der Waals surface area contributed by atoms with Crippen LogP contribution in [0.25, 0.3) is 0 Å². The van der Waals surface area contributed by atoms with Crippen molar-refractivity contribution in [3.05, 3.63) is 33.8 Å². The van der Waals surface area contributed by atoms with Crippen LogP contribution in [-0.4, -0.2) is 42.5 Å². The Kier molecular flexibility index (Phi) is 5.52. The highest BCUT2D eigenvalue weighted by atomic mass is 79.9. The molecule has 0 N–H and O–H groups in total. The Balaban J connectivity index is 2.01. The smallest absolute Gasteiger partial charge is 0.144 e. The summed E-state index contributed by atoms with van der Waals surface area (Å²) in [6.07, 6.45) is 2.38. The predicted molar refractivity (Wildman–Crippen MR) is 80.7 cm³/mol. The lowest BCUT2D eigenvalue weighted by Crippen LogP contribution is -2.38. The third-order valence-electron chi connectivity index (χ3n) is 3.99. The number of likely N-dealkylation sites (N-methyl/N-ethyl adjacent to an activating group) is 2. The second-order valence-electron chi connectivity index (χ2n) is 5.44. The van der Waals surface area contributed by atoms with E-state index >= 15 is 0 Å². The summed E-state index contributed by atoms with van der Waals surface area (Å²) in [6.45, 7) is 5.48. The van der Waals surface area contributed by atoms with Gasteiger partial charge in [0.1, 0.15) is 11.6 Å². The van der Waals surface area contributed by atoms with Crippen LogP contribution in [0.1, 0.15) is 25.3 Å². The van der Waals surface area contributed by atoms with Crippen molar-refractivity contribution in [1.82, 2.24) is 9.80 Å². The molecule has 0 saturated carbocycles. The van der Waals surface area contributed by atoms with Crippen LogP contribution in [0.5, 0.6) is 0 Å². The molecule has 1 saturated heterocycles. The monoisotopic (exact) mass is 346 g/mol. The van der Waals surface area contributed by atoms with Gasteiger partial charge in [-0.15, -0.1) is 0 Å². The fourth-order valence-electron chi connectivity index (χ4n) is 2.93. The molecule has 20 heavy (non-hydrogen) atoms. The molecule has 2 rings (SSSR count). The zero-order valence-electron chi connectivity index (χ0n) is 12.0. The molecule has 0 spiro atoms. The van der Waals surface area contributed by atoms with Gasteiger partial charge in [-0.25, -0.2) is 8.78 Å². The van der Waals surface area contributed by atoms with E-state index in [1.54, 1.807) is 0 Å². The quantitative estimate of drug-likeness (QED) is 0.751. The summed E-state index contributed by atoms with van der Waals surface area (Å²) >= 11 is 3.11. The third kappa shape index (κ3) is 3.57. The molecule has 0 radical (unpaired) electrons. The van der Waals surface area contributed by atoms with Gasteiger partial charge >= 0.3 is 0 Å². The predicted octanol–water partition coefficient (Wildman–Crippen LogP) is 3.64. The van der Waals surface area contributed by atoms with Crippen LogP contribution in [-0.2, 0) is 6.54 Å². The first-order valence-corrected chi connectivity index (χ1v) is 7.87. The summed E-state index contributed by atoms with van der Waals surface area (Å²) in [5, 5.41) is 0. The number of hydrogen-bond acceptors (Lipinski definition) is 2. The van der Waals surface area contributed by atoms with Gasteiger partial charge in [0.15, 0.2) is 0 Å². The van der Waals surface area contributed by atoms with E-state index in [-0.39, 0.29) is 5.56 Å². The highest BCUT2D eigenvalue weighted by Gasteiger charge is 2.24. The second kappa shape index (κ2) is 6.96. The maximum absolute atomic E-state index is 14.0. The van der Waals surface area contributed by atoms with Crippen molar-refractivity contribution >= 4 is 15.9 Å². The minimum Gasteiger partial charge on any atom is -0.300 e. The summed E-state index contributed by atoms with van der Waals surface area (Å²) in [7, 11) is 1.92. The number of nitrogens with zero attached hydrogens (tertiary/aromatic N) is 2. The van der Waals surface area contributed by atoms with Crippen LogP contribution >= 0.6 is 15.9 Å². The lowest BCUT2D eigenvalue weighted by Gasteiger charge is -2.28. The maximum atomic E-state index is 14.0. The van der Waals surface area contributed by atoms with E-state index in [2.05, 4.69) is 27.8 Å². The number of rotatable bonds is 5. The van der Waals surface area contributed by atoms with Crippen LogP contribution in [0, 0.1) is 11.6 Å². The molecule has 1 fully saturated rings. The molecular weight excluding hydrogens is 326 g/mol. The van der Waals surface area contributed by atoms with Gasteiger partial charge in [-0.1, -0.05) is 6.92 Å². The van der Waals surface area contributed by atoms with Crippen molar-refractivity contribution in [3.63, 3.8) is 0 Å². The van der Waals surface area contributed by atoms with Crippen molar-refractivity contribution in [2.75, 3.05) is 26.7 Å². The van der Waals surface area contributed by atoms with Crippen LogP contribution in [0.15, 0.2) is 16.6 Å². The van der Waals surface area contributed by atoms with Crippen molar-refractivity contribution in [2.45, 2.75) is 32.4 Å². The van der Waals surface area contributed by atoms with E-state index in [1.807, 2.05) is 11.9 Å². The lowest BCUT2D eigenvalue weighted by molar-refractivity contribution is 0.192. The lowest BCUT2D eigenvalue weighted by atomic mass is 10.1. The Hall–Kier alpha value is -0.520. The Morgan fingerprint density at radius 1 is 1.40 bits per heavy atom. The normalized spacial score (nSPS) is 20.0. The molecule has 112 valence electrons. The van der Waals surface area contributed by atoms with E-state index in [0.717, 1.165) is 19.6 Å². The van der Waals surface area contributed by atoms with E-state index in [4.69, 9.17) is 0 Å². The second-order valence-corrected chi connectivity index (χ2v) is 6.30. The zero-order valence-corrected chi connectivity index (χ0v) is 13.6. The van der Waals surface area contributed by atoms with Crippen LogP contribution < -0.4 is 0 Å². The molecule has 2 nitrogen and oxygen atoms in total. The van der Waals surface area contributed by atoms with Gasteiger partial charge in [0, 0.05) is 24.7 Å². The molecule has 1 aromatic carbocycles. The average molecular weight is 347 g/mol. The van der Waals surface area contributed by atoms with Crippen LogP contribution in [0.4, 0.5) is 8.78 Å². The summed E-state index contributed by atoms with van der Waals surface area (Å²) in [6, 6.07) is 3.22. The first-order valence-electron chi connectivity index (χ1n) is 7.08. The van der Waals surface area contributed by atoms with Gasteiger partial charge in [-0.05, 0) is 61.0 Å². The maximum Gasteiger partial charge on any atom is 0.144 e. The van der Waals surface area contributed by atoms with Gasteiger partial charge in [-0.3, -0.25) is 4.90 Å². The molecule has 0 amide bonds. The van der Waals surface area contributed by atoms with E-state index in [9.17, 15) is 8.78 Å². The minimum atomic E-state index is -0.490. The molecule has 0 aliphatic carbocycles. The molecule has 1 aliphatic heterocycles. The van der Waals surface area contributed by atoms with Crippen molar-refractivity contribution in [3.8, 4) is 0 Å². The molecule has 0 aromatic heterocycles. The van der Waals surface area contributed by atoms with Crippen LogP contribution in [0.3, 0.4) is 0 Å². The topological polar surface area (TPSA) is 6.48 Å². The molecule has 1 unspecified atom stereocenters. The molecule has 0 bridgehead atoms. The summed E-state index contributed by atoms with van der Waals surface area (Å²) in [5.74, 6) is -0.966. The SMILES string of the molecule is CCN1CCCC1CN(C)Cc1c(F)ccc(Br)c1F. The largest absolute Gasteiger partial charge is 0.300 e.